The minimum absolute atomic E-state index is 0. The second-order valence-corrected chi connectivity index (χ2v) is 6.61. The van der Waals surface area contributed by atoms with E-state index < -0.39 is 5.97 Å². The molecule has 1 aromatic carbocycles. The molecular weight excluding hydrogens is 513 g/mol. The molecule has 0 saturated heterocycles. The molecule has 1 heterocycles. The number of aryl methyl sites for hydroxylation is 2. The highest BCUT2D eigenvalue weighted by Crippen LogP contribution is 2.20. The van der Waals surface area contributed by atoms with E-state index in [1.165, 1.54) is 7.11 Å². The summed E-state index contributed by atoms with van der Waals surface area (Å²) in [6.07, 6.45) is 0. The maximum absolute atomic E-state index is 11.7. The maximum atomic E-state index is 11.7. The Morgan fingerprint density at radius 1 is 1.13 bits per heavy atom. The number of ether oxygens (including phenoxy) is 3. The zero-order chi connectivity index (χ0) is 21.9. The molecule has 0 radical (unpaired) electrons. The summed E-state index contributed by atoms with van der Waals surface area (Å²) >= 11 is 0. The highest BCUT2D eigenvalue weighted by atomic mass is 127. The predicted molar refractivity (Wildman–Crippen MR) is 130 cm³/mol. The van der Waals surface area contributed by atoms with Crippen LogP contribution in [0.1, 0.15) is 39.9 Å². The van der Waals surface area contributed by atoms with Crippen LogP contribution < -0.4 is 15.4 Å². The van der Waals surface area contributed by atoms with Crippen molar-refractivity contribution in [3.63, 3.8) is 0 Å². The Balaban J connectivity index is 0.00000480. The fraction of sp³-hybridized carbons (Fsp3) is 0.455. The molecule has 0 spiro atoms. The number of carbonyl (C=O) groups excluding carboxylic acids is 1. The van der Waals surface area contributed by atoms with Gasteiger partial charge in [-0.2, -0.15) is 0 Å². The number of furan rings is 1. The van der Waals surface area contributed by atoms with Gasteiger partial charge in [0.1, 0.15) is 29.4 Å². The average molecular weight is 545 g/mol. The molecule has 0 amide bonds. The van der Waals surface area contributed by atoms with Crippen LogP contribution in [0.15, 0.2) is 33.7 Å². The van der Waals surface area contributed by atoms with E-state index in [0.717, 1.165) is 16.9 Å². The van der Waals surface area contributed by atoms with Crippen LogP contribution in [-0.2, 0) is 22.6 Å². The van der Waals surface area contributed by atoms with Crippen molar-refractivity contribution in [2.24, 2.45) is 4.99 Å². The third kappa shape index (κ3) is 8.41. The molecular formula is C22H32IN3O5. The van der Waals surface area contributed by atoms with Gasteiger partial charge in [-0.1, -0.05) is 12.1 Å². The fourth-order valence-electron chi connectivity index (χ4n) is 2.81. The number of rotatable bonds is 10. The van der Waals surface area contributed by atoms with Gasteiger partial charge in [0.15, 0.2) is 5.96 Å². The van der Waals surface area contributed by atoms with Gasteiger partial charge in [-0.15, -0.1) is 24.0 Å². The van der Waals surface area contributed by atoms with Crippen LogP contribution in [-0.4, -0.2) is 45.9 Å². The molecule has 0 aliphatic heterocycles. The van der Waals surface area contributed by atoms with Crippen LogP contribution in [0.25, 0.3) is 0 Å². The lowest BCUT2D eigenvalue weighted by molar-refractivity contribution is 0.0599. The molecule has 2 N–H and O–H groups in total. The first kappa shape index (κ1) is 26.8. The number of carbonyl (C=O) groups is 1. The molecule has 0 saturated carbocycles. The van der Waals surface area contributed by atoms with Crippen molar-refractivity contribution in [3.05, 3.63) is 52.5 Å². The Hall–Kier alpha value is -2.27. The van der Waals surface area contributed by atoms with Gasteiger partial charge in [0, 0.05) is 25.8 Å². The van der Waals surface area contributed by atoms with Crippen LogP contribution >= 0.6 is 24.0 Å². The predicted octanol–water partition coefficient (Wildman–Crippen LogP) is 3.58. The number of nitrogens with zero attached hydrogens (tertiary/aromatic N) is 1. The molecule has 0 unspecified atom stereocenters. The van der Waals surface area contributed by atoms with Gasteiger partial charge in [-0.3, -0.25) is 4.99 Å². The maximum Gasteiger partial charge on any atom is 0.341 e. The molecule has 0 atom stereocenters. The van der Waals surface area contributed by atoms with Gasteiger partial charge in [0.2, 0.25) is 0 Å². The molecule has 1 aromatic heterocycles. The van der Waals surface area contributed by atoms with E-state index >= 15 is 0 Å². The van der Waals surface area contributed by atoms with Crippen molar-refractivity contribution in [1.29, 1.82) is 0 Å². The molecule has 0 bridgehead atoms. The highest BCUT2D eigenvalue weighted by Gasteiger charge is 2.15. The van der Waals surface area contributed by atoms with Crippen LogP contribution in [0.3, 0.4) is 0 Å². The molecule has 0 aliphatic carbocycles. The lowest BCUT2D eigenvalue weighted by Crippen LogP contribution is -2.36. The van der Waals surface area contributed by atoms with Crippen LogP contribution in [0.5, 0.6) is 5.75 Å². The Bertz CT molecular complexity index is 867. The summed E-state index contributed by atoms with van der Waals surface area (Å²) in [6, 6.07) is 7.76. The van der Waals surface area contributed by atoms with E-state index in [1.807, 2.05) is 32.0 Å². The summed E-state index contributed by atoms with van der Waals surface area (Å²) in [7, 11) is 3.04. The number of halogens is 1. The van der Waals surface area contributed by atoms with E-state index in [-0.39, 0.29) is 24.0 Å². The van der Waals surface area contributed by atoms with E-state index in [0.29, 0.717) is 56.0 Å². The molecule has 0 aliphatic rings. The lowest BCUT2D eigenvalue weighted by atomic mass is 10.1. The molecule has 0 fully saturated rings. The summed E-state index contributed by atoms with van der Waals surface area (Å²) in [5, 5.41) is 6.44. The third-order valence-electron chi connectivity index (χ3n) is 4.39. The first-order chi connectivity index (χ1) is 14.5. The van der Waals surface area contributed by atoms with Crippen LogP contribution in [0.2, 0.25) is 0 Å². The number of benzene rings is 1. The topological polar surface area (TPSA) is 94.3 Å². The normalized spacial score (nSPS) is 10.9. The number of hydrogen-bond donors (Lipinski definition) is 2. The number of aliphatic imine (C=N–C) groups is 1. The van der Waals surface area contributed by atoms with E-state index in [1.54, 1.807) is 20.0 Å². The molecule has 172 valence electrons. The van der Waals surface area contributed by atoms with Crippen molar-refractivity contribution in [2.75, 3.05) is 34.0 Å². The monoisotopic (exact) mass is 545 g/mol. The second-order valence-electron chi connectivity index (χ2n) is 6.61. The van der Waals surface area contributed by atoms with Crippen molar-refractivity contribution < 1.29 is 23.4 Å². The van der Waals surface area contributed by atoms with Crippen LogP contribution in [0.4, 0.5) is 0 Å². The van der Waals surface area contributed by atoms with E-state index in [9.17, 15) is 4.79 Å². The lowest BCUT2D eigenvalue weighted by Gasteiger charge is -2.15. The van der Waals surface area contributed by atoms with Gasteiger partial charge in [0.25, 0.3) is 0 Å². The number of nitrogens with one attached hydrogen (secondary N) is 2. The molecule has 8 nitrogen and oxygen atoms in total. The molecule has 31 heavy (non-hydrogen) atoms. The Morgan fingerprint density at radius 3 is 2.55 bits per heavy atom. The van der Waals surface area contributed by atoms with E-state index in [4.69, 9.17) is 18.6 Å². The standard InChI is InChI=1S/C22H31N3O5.HI/c1-6-28-9-10-29-20-11-15(2)7-8-17(20)13-24-22(23-4)25-14-18-12-19(16(3)30-18)21(26)27-5;/h7-8,11-12H,6,9-10,13-14H2,1-5H3,(H2,23,24,25);1H. The third-order valence-corrected chi connectivity index (χ3v) is 4.39. The number of guanidine groups is 1. The van der Waals surface area contributed by atoms with Crippen molar-refractivity contribution in [3.8, 4) is 5.75 Å². The Kier molecular flexibility index (Phi) is 12.0. The summed E-state index contributed by atoms with van der Waals surface area (Å²) in [5.41, 5.74) is 2.56. The van der Waals surface area contributed by atoms with Crippen molar-refractivity contribution >= 4 is 35.9 Å². The minimum atomic E-state index is -0.416. The zero-order valence-electron chi connectivity index (χ0n) is 18.7. The van der Waals surface area contributed by atoms with Crippen LogP contribution in [0, 0.1) is 13.8 Å². The fourth-order valence-corrected chi connectivity index (χ4v) is 2.81. The van der Waals surface area contributed by atoms with Gasteiger partial charge >= 0.3 is 5.97 Å². The van der Waals surface area contributed by atoms with Gasteiger partial charge in [-0.05, 0) is 38.5 Å². The molecule has 9 heteroatoms. The summed E-state index contributed by atoms with van der Waals surface area (Å²) in [6.45, 7) is 8.35. The molecule has 2 aromatic rings. The number of esters is 1. The van der Waals surface area contributed by atoms with Crippen molar-refractivity contribution in [1.82, 2.24) is 10.6 Å². The van der Waals surface area contributed by atoms with E-state index in [2.05, 4.69) is 15.6 Å². The molecule has 2 rings (SSSR count). The van der Waals surface area contributed by atoms with Crippen molar-refractivity contribution in [2.45, 2.75) is 33.9 Å². The SMILES string of the molecule is CCOCCOc1cc(C)ccc1CNC(=NC)NCc1cc(C(=O)OC)c(C)o1.I. The summed E-state index contributed by atoms with van der Waals surface area (Å²) in [4.78, 5) is 15.9. The van der Waals surface area contributed by atoms with Gasteiger partial charge in [0.05, 0.1) is 20.3 Å². The van der Waals surface area contributed by atoms with Gasteiger partial charge < -0.3 is 29.3 Å². The summed E-state index contributed by atoms with van der Waals surface area (Å²) in [5.74, 6) is 2.15. The summed E-state index contributed by atoms with van der Waals surface area (Å²) < 4.78 is 21.6. The second kappa shape index (κ2) is 13.9. The first-order valence-corrected chi connectivity index (χ1v) is 9.90. The smallest absolute Gasteiger partial charge is 0.341 e. The Labute approximate surface area is 200 Å². The quantitative estimate of drug-likeness (QED) is 0.155. The average Bonchev–Trinajstić information content (AvgIpc) is 3.12. The Morgan fingerprint density at radius 2 is 1.87 bits per heavy atom. The van der Waals surface area contributed by atoms with Gasteiger partial charge in [-0.25, -0.2) is 4.79 Å². The number of hydrogen-bond acceptors (Lipinski definition) is 6. The first-order valence-electron chi connectivity index (χ1n) is 9.90. The zero-order valence-corrected chi connectivity index (χ0v) is 21.1. The number of methoxy groups -OCH3 is 1. The highest BCUT2D eigenvalue weighted by molar-refractivity contribution is 14.0. The largest absolute Gasteiger partial charge is 0.491 e. The minimum Gasteiger partial charge on any atom is -0.491 e.